The fraction of sp³-hybridized carbons (Fsp3) is 0.455. The van der Waals surface area contributed by atoms with Gasteiger partial charge in [-0.15, -0.1) is 0 Å². The third-order valence-corrected chi connectivity index (χ3v) is 4.85. The SMILES string of the molecule is C=C(N[C@@H](CCC(=O)O)C(=O)O)N(C)[C@@H](CCCCNC(=O)OCc1ccccc1)C(=O)O. The number of carboxylic acids is 3. The highest BCUT2D eigenvalue weighted by Gasteiger charge is 2.26. The van der Waals surface area contributed by atoms with E-state index in [4.69, 9.17) is 9.84 Å². The maximum atomic E-state index is 11.7. The highest BCUT2D eigenvalue weighted by atomic mass is 16.5. The van der Waals surface area contributed by atoms with Crippen LogP contribution in [0.4, 0.5) is 4.79 Å². The second kappa shape index (κ2) is 14.3. The number of unbranched alkanes of at least 4 members (excludes halogenated alkanes) is 1. The number of ether oxygens (including phenoxy) is 1. The molecule has 182 valence electrons. The van der Waals surface area contributed by atoms with Crippen molar-refractivity contribution in [2.75, 3.05) is 13.6 Å². The van der Waals surface area contributed by atoms with Gasteiger partial charge >= 0.3 is 24.0 Å². The van der Waals surface area contributed by atoms with E-state index in [0.29, 0.717) is 19.4 Å². The van der Waals surface area contributed by atoms with Crippen LogP contribution in [-0.4, -0.2) is 69.9 Å². The third-order valence-electron chi connectivity index (χ3n) is 4.85. The number of hydrogen-bond acceptors (Lipinski definition) is 7. The average Bonchev–Trinajstić information content (AvgIpc) is 2.77. The standard InChI is InChI=1S/C22H31N3O8/c1-15(24-17(20(28)29)11-12-19(26)27)25(2)18(21(30)31)10-6-7-13-23-22(32)33-14-16-8-4-3-5-9-16/h3-5,8-9,17-18,24H,1,6-7,10-14H2,2H3,(H,23,32)(H,26,27)(H,28,29)(H,30,31)/t17-,18-/m0/s1. The molecule has 0 aromatic heterocycles. The number of amides is 1. The molecule has 1 aromatic carbocycles. The van der Waals surface area contributed by atoms with Gasteiger partial charge in [0.1, 0.15) is 18.7 Å². The lowest BCUT2D eigenvalue weighted by molar-refractivity contribution is -0.142. The maximum Gasteiger partial charge on any atom is 0.407 e. The van der Waals surface area contributed by atoms with Crippen LogP contribution in [0.3, 0.4) is 0 Å². The molecule has 0 fully saturated rings. The van der Waals surface area contributed by atoms with Crippen molar-refractivity contribution in [1.29, 1.82) is 0 Å². The van der Waals surface area contributed by atoms with Crippen molar-refractivity contribution in [3.8, 4) is 0 Å². The van der Waals surface area contributed by atoms with Gasteiger partial charge in [-0.1, -0.05) is 36.9 Å². The molecule has 2 atom stereocenters. The second-order valence-corrected chi connectivity index (χ2v) is 7.36. The van der Waals surface area contributed by atoms with Crippen LogP contribution >= 0.6 is 0 Å². The Bertz CT molecular complexity index is 815. The predicted molar refractivity (Wildman–Crippen MR) is 118 cm³/mol. The number of rotatable bonds is 16. The lowest BCUT2D eigenvalue weighted by Gasteiger charge is -2.30. The highest BCUT2D eigenvalue weighted by molar-refractivity contribution is 5.76. The van der Waals surface area contributed by atoms with Crippen molar-refractivity contribution in [3.63, 3.8) is 0 Å². The summed E-state index contributed by atoms with van der Waals surface area (Å²) in [5.74, 6) is -3.46. The van der Waals surface area contributed by atoms with Crippen LogP contribution in [0.5, 0.6) is 0 Å². The van der Waals surface area contributed by atoms with Crippen molar-refractivity contribution < 1.29 is 39.2 Å². The van der Waals surface area contributed by atoms with Crippen LogP contribution in [0.25, 0.3) is 0 Å². The minimum absolute atomic E-state index is 0.0582. The molecule has 1 aromatic rings. The van der Waals surface area contributed by atoms with Crippen LogP contribution in [0.2, 0.25) is 0 Å². The van der Waals surface area contributed by atoms with Gasteiger partial charge in [-0.25, -0.2) is 14.4 Å². The van der Waals surface area contributed by atoms with Gasteiger partial charge in [0.05, 0.1) is 5.82 Å². The zero-order valence-electron chi connectivity index (χ0n) is 18.5. The first-order valence-electron chi connectivity index (χ1n) is 10.4. The Morgan fingerprint density at radius 2 is 1.70 bits per heavy atom. The molecule has 0 heterocycles. The number of alkyl carbamates (subject to hydrolysis) is 1. The minimum atomic E-state index is -1.26. The Labute approximate surface area is 192 Å². The van der Waals surface area contributed by atoms with Crippen LogP contribution in [0, 0.1) is 0 Å². The zero-order valence-corrected chi connectivity index (χ0v) is 18.5. The molecule has 0 aliphatic rings. The fourth-order valence-corrected chi connectivity index (χ4v) is 2.93. The summed E-state index contributed by atoms with van der Waals surface area (Å²) in [4.78, 5) is 46.7. The van der Waals surface area contributed by atoms with Gasteiger partial charge in [0.15, 0.2) is 0 Å². The molecule has 11 nitrogen and oxygen atoms in total. The quantitative estimate of drug-likeness (QED) is 0.227. The monoisotopic (exact) mass is 465 g/mol. The van der Waals surface area contributed by atoms with Gasteiger partial charge in [-0.3, -0.25) is 4.79 Å². The van der Waals surface area contributed by atoms with Crippen LogP contribution < -0.4 is 10.6 Å². The number of carboxylic acid groups (broad SMARTS) is 3. The number of carbonyl (C=O) groups is 4. The molecule has 11 heteroatoms. The lowest BCUT2D eigenvalue weighted by atomic mass is 10.1. The normalized spacial score (nSPS) is 12.2. The highest BCUT2D eigenvalue weighted by Crippen LogP contribution is 2.13. The maximum absolute atomic E-state index is 11.7. The average molecular weight is 466 g/mol. The van der Waals surface area contributed by atoms with Crippen LogP contribution in [0.15, 0.2) is 42.7 Å². The summed E-state index contributed by atoms with van der Waals surface area (Å²) in [6, 6.07) is 7.02. The molecule has 33 heavy (non-hydrogen) atoms. The molecule has 0 spiro atoms. The van der Waals surface area contributed by atoms with Gasteiger partial charge in [0.2, 0.25) is 0 Å². The van der Waals surface area contributed by atoms with E-state index in [9.17, 15) is 29.4 Å². The van der Waals surface area contributed by atoms with E-state index in [2.05, 4.69) is 17.2 Å². The number of likely N-dealkylation sites (N-methyl/N-ethyl adjacent to an activating group) is 1. The first-order valence-corrected chi connectivity index (χ1v) is 10.4. The van der Waals surface area contributed by atoms with E-state index in [-0.39, 0.29) is 31.7 Å². The van der Waals surface area contributed by atoms with Gasteiger partial charge < -0.3 is 35.6 Å². The third kappa shape index (κ3) is 10.9. The van der Waals surface area contributed by atoms with E-state index >= 15 is 0 Å². The van der Waals surface area contributed by atoms with Gasteiger partial charge in [0.25, 0.3) is 0 Å². The second-order valence-electron chi connectivity index (χ2n) is 7.36. The minimum Gasteiger partial charge on any atom is -0.481 e. The predicted octanol–water partition coefficient (Wildman–Crippen LogP) is 1.85. The summed E-state index contributed by atoms with van der Waals surface area (Å²) in [7, 11) is 1.46. The Balaban J connectivity index is 2.41. The summed E-state index contributed by atoms with van der Waals surface area (Å²) >= 11 is 0. The zero-order chi connectivity index (χ0) is 24.8. The van der Waals surface area contributed by atoms with Gasteiger partial charge in [-0.2, -0.15) is 0 Å². The van der Waals surface area contributed by atoms with Crippen molar-refractivity contribution in [3.05, 3.63) is 48.3 Å². The van der Waals surface area contributed by atoms with Crippen LogP contribution in [0.1, 0.15) is 37.7 Å². The number of aliphatic carboxylic acids is 3. The summed E-state index contributed by atoms with van der Waals surface area (Å²) < 4.78 is 5.10. The molecule has 0 saturated heterocycles. The number of nitrogens with one attached hydrogen (secondary N) is 2. The molecule has 0 unspecified atom stereocenters. The molecular formula is C22H31N3O8. The molecule has 0 saturated carbocycles. The number of carbonyl (C=O) groups excluding carboxylic acids is 1. The largest absolute Gasteiger partial charge is 0.481 e. The Morgan fingerprint density at radius 3 is 2.27 bits per heavy atom. The topological polar surface area (TPSA) is 165 Å². The lowest BCUT2D eigenvalue weighted by Crippen LogP contribution is -2.46. The van der Waals surface area contributed by atoms with Gasteiger partial charge in [-0.05, 0) is 31.2 Å². The van der Waals surface area contributed by atoms with Crippen molar-refractivity contribution in [2.24, 2.45) is 0 Å². The molecule has 5 N–H and O–H groups in total. The van der Waals surface area contributed by atoms with Gasteiger partial charge in [0, 0.05) is 20.0 Å². The first kappa shape index (κ1) is 27.3. The fourth-order valence-electron chi connectivity index (χ4n) is 2.93. The summed E-state index contributed by atoms with van der Waals surface area (Å²) in [6.07, 6.45) is 0.0961. The molecule has 1 rings (SSSR count). The van der Waals surface area contributed by atoms with E-state index in [1.807, 2.05) is 30.3 Å². The molecule has 0 aliphatic heterocycles. The van der Waals surface area contributed by atoms with Crippen molar-refractivity contribution >= 4 is 24.0 Å². The molecule has 0 bridgehead atoms. The molecular weight excluding hydrogens is 434 g/mol. The van der Waals surface area contributed by atoms with E-state index in [1.165, 1.54) is 11.9 Å². The number of hydrogen-bond donors (Lipinski definition) is 5. The Morgan fingerprint density at radius 1 is 1.03 bits per heavy atom. The Kier molecular flexibility index (Phi) is 11.8. The van der Waals surface area contributed by atoms with Crippen LogP contribution in [-0.2, 0) is 25.7 Å². The number of benzene rings is 1. The van der Waals surface area contributed by atoms with Crippen molar-refractivity contribution in [2.45, 2.75) is 50.8 Å². The van der Waals surface area contributed by atoms with E-state index in [1.54, 1.807) is 0 Å². The van der Waals surface area contributed by atoms with Crippen molar-refractivity contribution in [1.82, 2.24) is 15.5 Å². The first-order chi connectivity index (χ1) is 15.6. The smallest absolute Gasteiger partial charge is 0.407 e. The molecule has 0 radical (unpaired) electrons. The molecule has 1 amide bonds. The molecule has 0 aliphatic carbocycles. The Hall–Kier alpha value is -3.76. The number of nitrogens with zero attached hydrogens (tertiary/aromatic N) is 1. The summed E-state index contributed by atoms with van der Waals surface area (Å²) in [6.45, 7) is 4.14. The van der Waals surface area contributed by atoms with E-state index in [0.717, 1.165) is 5.56 Å². The summed E-state index contributed by atoms with van der Waals surface area (Å²) in [5.41, 5.74) is 0.863. The summed E-state index contributed by atoms with van der Waals surface area (Å²) in [5, 5.41) is 32.7. The van der Waals surface area contributed by atoms with E-state index < -0.39 is 36.1 Å².